The van der Waals surface area contributed by atoms with E-state index in [9.17, 15) is 9.18 Å². The van der Waals surface area contributed by atoms with Crippen molar-refractivity contribution >= 4 is 29.1 Å². The fourth-order valence-corrected chi connectivity index (χ4v) is 7.38. The molecule has 6 rings (SSSR count). The Bertz CT molecular complexity index is 1420. The first-order chi connectivity index (χ1) is 20.3. The maximum Gasteiger partial charge on any atom is 0.227 e. The molecule has 1 aliphatic heterocycles. The molecule has 3 aliphatic rings. The molecule has 1 N–H and O–H groups in total. The van der Waals surface area contributed by atoms with E-state index in [2.05, 4.69) is 54.4 Å². The lowest BCUT2D eigenvalue weighted by molar-refractivity contribution is -0.138. The van der Waals surface area contributed by atoms with Crippen LogP contribution in [0.2, 0.25) is 10.0 Å². The first kappa shape index (κ1) is 29.3. The van der Waals surface area contributed by atoms with Crippen molar-refractivity contribution < 1.29 is 18.7 Å². The van der Waals surface area contributed by atoms with Crippen LogP contribution < -0.4 is 14.8 Å². The van der Waals surface area contributed by atoms with E-state index in [1.807, 2.05) is 12.1 Å². The summed E-state index contributed by atoms with van der Waals surface area (Å²) in [6.07, 6.45) is 3.20. The fraction of sp³-hybridized carbons (Fsp3) is 0.441. The quantitative estimate of drug-likeness (QED) is 0.244. The zero-order valence-electron chi connectivity index (χ0n) is 24.0. The number of amides is 1. The number of carbonyl (C=O) groups is 1. The van der Waals surface area contributed by atoms with Crippen molar-refractivity contribution in [1.82, 2.24) is 10.2 Å². The molecule has 5 nitrogen and oxygen atoms in total. The second kappa shape index (κ2) is 12.4. The van der Waals surface area contributed by atoms with Gasteiger partial charge in [-0.2, -0.15) is 0 Å². The Labute approximate surface area is 257 Å². The van der Waals surface area contributed by atoms with Gasteiger partial charge < -0.3 is 19.7 Å². The van der Waals surface area contributed by atoms with Gasteiger partial charge in [0.05, 0.1) is 10.0 Å². The number of rotatable bonds is 10. The van der Waals surface area contributed by atoms with Gasteiger partial charge in [-0.15, -0.1) is 0 Å². The number of hydrogen-bond acceptors (Lipinski definition) is 4. The van der Waals surface area contributed by atoms with Crippen LogP contribution in [0.4, 0.5) is 4.39 Å². The highest BCUT2D eigenvalue weighted by atomic mass is 35.5. The molecule has 2 saturated carbocycles. The molecule has 3 aromatic rings. The molecular weight excluding hydrogens is 574 g/mol. The van der Waals surface area contributed by atoms with Gasteiger partial charge in [-0.25, -0.2) is 4.39 Å². The second-order valence-corrected chi connectivity index (χ2v) is 12.8. The van der Waals surface area contributed by atoms with Gasteiger partial charge in [0.15, 0.2) is 5.75 Å². The van der Waals surface area contributed by atoms with Crippen molar-refractivity contribution in [2.24, 2.45) is 17.8 Å². The molecule has 2 aliphatic carbocycles. The summed E-state index contributed by atoms with van der Waals surface area (Å²) in [7, 11) is 0. The number of aryl methyl sites for hydroxylation is 1. The number of nitrogens with zero attached hydrogens (tertiary/aromatic N) is 1. The summed E-state index contributed by atoms with van der Waals surface area (Å²) in [5.41, 5.74) is 5.00. The third-order valence-electron chi connectivity index (χ3n) is 9.33. The van der Waals surface area contributed by atoms with Crippen LogP contribution in [0, 0.1) is 37.4 Å². The standard InChI is InChI=1S/C34H37Cl2FN2O3/c1-20-4-3-5-23(21(20)2)19-39(26-8-9-26)34(40)32-28(14-24-17-38-18-29(24)32)22-6-10-27(11-7-22)41-12-13-42-33-30(35)15-25(37)16-31(33)36/h3-7,10-11,15-16,24,26,28-29,32,38H,8-9,12-14,17-19H2,1-2H3/t24-,28?,29?,32?/m1/s1. The Morgan fingerprint density at radius 3 is 2.43 bits per heavy atom. The Hall–Kier alpha value is -2.80. The van der Waals surface area contributed by atoms with E-state index in [1.54, 1.807) is 0 Å². The number of halogens is 3. The molecule has 0 spiro atoms. The minimum absolute atomic E-state index is 0.0268. The van der Waals surface area contributed by atoms with Crippen LogP contribution in [-0.4, -0.2) is 43.2 Å². The maximum absolute atomic E-state index is 14.4. The predicted octanol–water partition coefficient (Wildman–Crippen LogP) is 7.34. The topological polar surface area (TPSA) is 50.8 Å². The summed E-state index contributed by atoms with van der Waals surface area (Å²) in [5, 5.41) is 3.80. The zero-order chi connectivity index (χ0) is 29.4. The third-order valence-corrected chi connectivity index (χ3v) is 9.89. The average Bonchev–Trinajstić information content (AvgIpc) is 3.59. The lowest BCUT2D eigenvalue weighted by Gasteiger charge is -2.32. The van der Waals surface area contributed by atoms with E-state index in [0.29, 0.717) is 30.3 Å². The SMILES string of the molecule is Cc1cccc(CN(C(=O)C2C(c3ccc(OCCOc4c(Cl)cc(F)cc4Cl)cc3)C[C@@H]3CNCC23)C2CC2)c1C. The molecule has 42 heavy (non-hydrogen) atoms. The smallest absolute Gasteiger partial charge is 0.227 e. The van der Waals surface area contributed by atoms with Crippen LogP contribution in [0.25, 0.3) is 0 Å². The lowest BCUT2D eigenvalue weighted by Crippen LogP contribution is -2.41. The van der Waals surface area contributed by atoms with Crippen LogP contribution in [0.3, 0.4) is 0 Å². The molecular formula is C34H37Cl2FN2O3. The van der Waals surface area contributed by atoms with Crippen LogP contribution >= 0.6 is 23.2 Å². The summed E-state index contributed by atoms with van der Waals surface area (Å²) >= 11 is 12.1. The monoisotopic (exact) mass is 610 g/mol. The van der Waals surface area contributed by atoms with Crippen LogP contribution in [0.1, 0.15) is 47.4 Å². The number of hydrogen-bond donors (Lipinski definition) is 1. The van der Waals surface area contributed by atoms with Gasteiger partial charge in [0, 0.05) is 18.5 Å². The molecule has 3 fully saturated rings. The Morgan fingerprint density at radius 2 is 1.71 bits per heavy atom. The number of fused-ring (bicyclic) bond motifs is 1. The number of ether oxygens (including phenoxy) is 2. The molecule has 1 amide bonds. The van der Waals surface area contributed by atoms with Gasteiger partial charge in [0.2, 0.25) is 5.91 Å². The van der Waals surface area contributed by atoms with Crippen LogP contribution in [-0.2, 0) is 11.3 Å². The zero-order valence-corrected chi connectivity index (χ0v) is 25.6. The fourth-order valence-electron chi connectivity index (χ4n) is 6.81. The van der Waals surface area contributed by atoms with Gasteiger partial charge in [-0.05, 0) is 110 Å². The lowest BCUT2D eigenvalue weighted by atomic mass is 9.83. The molecule has 4 atom stereocenters. The Morgan fingerprint density at radius 1 is 1.00 bits per heavy atom. The molecule has 8 heteroatoms. The van der Waals surface area contributed by atoms with Gasteiger partial charge in [0.25, 0.3) is 0 Å². The van der Waals surface area contributed by atoms with E-state index in [4.69, 9.17) is 32.7 Å². The second-order valence-electron chi connectivity index (χ2n) is 12.0. The largest absolute Gasteiger partial charge is 0.490 e. The summed E-state index contributed by atoms with van der Waals surface area (Å²) in [5.74, 6) is 1.81. The van der Waals surface area contributed by atoms with E-state index < -0.39 is 5.82 Å². The van der Waals surface area contributed by atoms with Crippen LogP contribution in [0.5, 0.6) is 11.5 Å². The number of nitrogens with one attached hydrogen (secondary N) is 1. The molecule has 0 aromatic heterocycles. The van der Waals surface area contributed by atoms with Gasteiger partial charge >= 0.3 is 0 Å². The number of carbonyl (C=O) groups excluding carboxylic acids is 1. The molecule has 3 aromatic carbocycles. The minimum atomic E-state index is -0.513. The maximum atomic E-state index is 14.4. The van der Waals surface area contributed by atoms with Crippen molar-refractivity contribution in [3.8, 4) is 11.5 Å². The van der Waals surface area contributed by atoms with Crippen molar-refractivity contribution in [1.29, 1.82) is 0 Å². The van der Waals surface area contributed by atoms with E-state index in [-0.39, 0.29) is 40.8 Å². The predicted molar refractivity (Wildman–Crippen MR) is 164 cm³/mol. The van der Waals surface area contributed by atoms with Crippen molar-refractivity contribution in [2.75, 3.05) is 26.3 Å². The van der Waals surface area contributed by atoms with Crippen molar-refractivity contribution in [3.05, 3.63) is 92.7 Å². The molecule has 1 heterocycles. The molecule has 0 bridgehead atoms. The van der Waals surface area contributed by atoms with Crippen LogP contribution in [0.15, 0.2) is 54.6 Å². The number of benzene rings is 3. The highest BCUT2D eigenvalue weighted by Crippen LogP contribution is 2.50. The van der Waals surface area contributed by atoms with Gasteiger partial charge in [0.1, 0.15) is 24.8 Å². The van der Waals surface area contributed by atoms with Gasteiger partial charge in [-0.3, -0.25) is 4.79 Å². The van der Waals surface area contributed by atoms with Gasteiger partial charge in [-0.1, -0.05) is 53.5 Å². The van der Waals surface area contributed by atoms with E-state index in [0.717, 1.165) is 38.1 Å². The minimum Gasteiger partial charge on any atom is -0.490 e. The summed E-state index contributed by atoms with van der Waals surface area (Å²) in [4.78, 5) is 16.6. The summed E-state index contributed by atoms with van der Waals surface area (Å²) in [6, 6.07) is 17.2. The Balaban J connectivity index is 1.13. The first-order valence-electron chi connectivity index (χ1n) is 14.9. The highest BCUT2D eigenvalue weighted by Gasteiger charge is 2.51. The summed E-state index contributed by atoms with van der Waals surface area (Å²) in [6.45, 7) is 7.36. The van der Waals surface area contributed by atoms with E-state index >= 15 is 0 Å². The van der Waals surface area contributed by atoms with Crippen molar-refractivity contribution in [2.45, 2.75) is 51.6 Å². The molecule has 222 valence electrons. The highest BCUT2D eigenvalue weighted by molar-refractivity contribution is 6.37. The van der Waals surface area contributed by atoms with Crippen molar-refractivity contribution in [3.63, 3.8) is 0 Å². The average molecular weight is 612 g/mol. The normalized spacial score (nSPS) is 23.1. The summed E-state index contributed by atoms with van der Waals surface area (Å²) < 4.78 is 24.9. The molecule has 1 saturated heterocycles. The Kier molecular flexibility index (Phi) is 8.67. The first-order valence-corrected chi connectivity index (χ1v) is 15.6. The van der Waals surface area contributed by atoms with E-state index in [1.165, 1.54) is 34.4 Å². The molecule has 0 radical (unpaired) electrons. The third kappa shape index (κ3) is 6.13. The molecule has 3 unspecified atom stereocenters.